The summed E-state index contributed by atoms with van der Waals surface area (Å²) in [5.74, 6) is 0.232. The number of rotatable bonds is 4. The van der Waals surface area contributed by atoms with E-state index in [-0.39, 0.29) is 22.8 Å². The molecule has 1 aromatic heterocycles. The van der Waals surface area contributed by atoms with Crippen molar-refractivity contribution in [2.75, 3.05) is 0 Å². The van der Waals surface area contributed by atoms with Gasteiger partial charge in [-0.25, -0.2) is 13.1 Å². The molecular weight excluding hydrogens is 386 g/mol. The van der Waals surface area contributed by atoms with Crippen molar-refractivity contribution in [3.05, 3.63) is 59.2 Å². The summed E-state index contributed by atoms with van der Waals surface area (Å²) in [6.45, 7) is 0. The Balaban J connectivity index is 1.37. The number of hydrogen-bond acceptors (Lipinski definition) is 4. The minimum Gasteiger partial charge on any atom is -0.385 e. The largest absolute Gasteiger partial charge is 0.385 e. The van der Waals surface area contributed by atoms with Crippen LogP contribution in [0.5, 0.6) is 0 Å². The Labute approximate surface area is 161 Å². The summed E-state index contributed by atoms with van der Waals surface area (Å²) in [5, 5.41) is 19.6. The number of nitrogens with zero attached hydrogens (tertiary/aromatic N) is 1. The van der Waals surface area contributed by atoms with Gasteiger partial charge < -0.3 is 5.11 Å². The maximum absolute atomic E-state index is 12.5. The SMILES string of the molecule is O=S(=O)(N[C@H]1[C@@H]2C[C@](O)(c3cc(Cl)cc4cn[nH]c34)C[C@@H]21)c1ccccc1. The zero-order valence-corrected chi connectivity index (χ0v) is 15.8. The molecule has 2 fully saturated rings. The summed E-state index contributed by atoms with van der Waals surface area (Å²) in [7, 11) is -3.54. The minimum absolute atomic E-state index is 0.116. The fraction of sp³-hybridized carbons (Fsp3) is 0.316. The quantitative estimate of drug-likeness (QED) is 0.624. The summed E-state index contributed by atoms with van der Waals surface area (Å²) >= 11 is 6.21. The molecule has 0 amide bonds. The van der Waals surface area contributed by atoms with E-state index in [2.05, 4.69) is 14.9 Å². The fourth-order valence-electron chi connectivity index (χ4n) is 4.49. The third-order valence-corrected chi connectivity index (χ3v) is 7.53. The van der Waals surface area contributed by atoms with Crippen LogP contribution in [0.4, 0.5) is 0 Å². The normalized spacial score (nSPS) is 29.8. The van der Waals surface area contributed by atoms with Crippen LogP contribution in [-0.4, -0.2) is 29.8 Å². The first-order chi connectivity index (χ1) is 12.9. The van der Waals surface area contributed by atoms with E-state index in [1.165, 1.54) is 0 Å². The molecule has 0 bridgehead atoms. The van der Waals surface area contributed by atoms with Crippen LogP contribution in [0.3, 0.4) is 0 Å². The fourth-order valence-corrected chi connectivity index (χ4v) is 6.08. The molecule has 2 saturated carbocycles. The van der Waals surface area contributed by atoms with Crippen molar-refractivity contribution in [2.24, 2.45) is 11.8 Å². The van der Waals surface area contributed by atoms with Gasteiger partial charge in [0.1, 0.15) is 0 Å². The first-order valence-electron chi connectivity index (χ1n) is 8.80. The van der Waals surface area contributed by atoms with Gasteiger partial charge in [-0.3, -0.25) is 5.10 Å². The molecule has 3 aromatic rings. The van der Waals surface area contributed by atoms with Gasteiger partial charge in [0.2, 0.25) is 10.0 Å². The Morgan fingerprint density at radius 3 is 2.59 bits per heavy atom. The van der Waals surface area contributed by atoms with Crippen LogP contribution >= 0.6 is 11.6 Å². The van der Waals surface area contributed by atoms with Crippen LogP contribution in [0.1, 0.15) is 18.4 Å². The van der Waals surface area contributed by atoms with Crippen molar-refractivity contribution in [1.29, 1.82) is 0 Å². The Kier molecular flexibility index (Phi) is 3.68. The molecule has 140 valence electrons. The maximum Gasteiger partial charge on any atom is 0.240 e. The van der Waals surface area contributed by atoms with Gasteiger partial charge in [0.15, 0.2) is 0 Å². The Morgan fingerprint density at radius 1 is 1.19 bits per heavy atom. The van der Waals surface area contributed by atoms with Gasteiger partial charge in [0, 0.05) is 22.0 Å². The maximum atomic E-state index is 12.5. The van der Waals surface area contributed by atoms with Crippen LogP contribution in [0, 0.1) is 11.8 Å². The Bertz CT molecular complexity index is 1120. The number of hydrogen-bond donors (Lipinski definition) is 3. The lowest BCUT2D eigenvalue weighted by atomic mass is 9.87. The van der Waals surface area contributed by atoms with E-state index in [4.69, 9.17) is 11.6 Å². The van der Waals surface area contributed by atoms with E-state index in [9.17, 15) is 13.5 Å². The van der Waals surface area contributed by atoms with Gasteiger partial charge >= 0.3 is 0 Å². The second-order valence-electron chi connectivity index (χ2n) is 7.52. The average Bonchev–Trinajstić information content (AvgIpc) is 3.02. The molecule has 3 N–H and O–H groups in total. The molecule has 0 radical (unpaired) electrons. The second kappa shape index (κ2) is 5.78. The van der Waals surface area contributed by atoms with E-state index in [0.717, 1.165) is 16.5 Å². The van der Waals surface area contributed by atoms with Crippen LogP contribution in [-0.2, 0) is 15.6 Å². The van der Waals surface area contributed by atoms with Crippen molar-refractivity contribution < 1.29 is 13.5 Å². The number of aromatic nitrogens is 2. The lowest BCUT2D eigenvalue weighted by molar-refractivity contribution is 0.0302. The predicted octanol–water partition coefficient (Wildman–Crippen LogP) is 2.79. The molecule has 27 heavy (non-hydrogen) atoms. The summed E-state index contributed by atoms with van der Waals surface area (Å²) in [4.78, 5) is 0.263. The first kappa shape index (κ1) is 17.2. The second-order valence-corrected chi connectivity index (χ2v) is 9.67. The molecule has 1 heterocycles. The molecule has 0 saturated heterocycles. The van der Waals surface area contributed by atoms with E-state index in [1.54, 1.807) is 48.7 Å². The van der Waals surface area contributed by atoms with Crippen molar-refractivity contribution in [3.8, 4) is 0 Å². The lowest BCUT2D eigenvalue weighted by Gasteiger charge is -2.27. The molecular formula is C19H18ClN3O3S. The highest BCUT2D eigenvalue weighted by molar-refractivity contribution is 7.89. The van der Waals surface area contributed by atoms with Crippen LogP contribution in [0.2, 0.25) is 5.02 Å². The Morgan fingerprint density at radius 2 is 1.89 bits per heavy atom. The van der Waals surface area contributed by atoms with Gasteiger partial charge in [-0.15, -0.1) is 0 Å². The van der Waals surface area contributed by atoms with Crippen molar-refractivity contribution in [2.45, 2.75) is 29.4 Å². The summed E-state index contributed by atoms with van der Waals surface area (Å²) < 4.78 is 27.8. The highest BCUT2D eigenvalue weighted by Crippen LogP contribution is 2.60. The van der Waals surface area contributed by atoms with Gasteiger partial charge in [0.25, 0.3) is 0 Å². The van der Waals surface area contributed by atoms with Crippen LogP contribution in [0.15, 0.2) is 53.6 Å². The number of aliphatic hydroxyl groups is 1. The summed E-state index contributed by atoms with van der Waals surface area (Å²) in [6, 6.07) is 11.8. The monoisotopic (exact) mass is 403 g/mol. The number of sulfonamides is 1. The topological polar surface area (TPSA) is 95.1 Å². The predicted molar refractivity (Wildman–Crippen MR) is 102 cm³/mol. The lowest BCUT2D eigenvalue weighted by Crippen LogP contribution is -2.33. The van der Waals surface area contributed by atoms with Crippen molar-refractivity contribution >= 4 is 32.5 Å². The number of fused-ring (bicyclic) bond motifs is 2. The van der Waals surface area contributed by atoms with Gasteiger partial charge in [-0.05, 0) is 48.9 Å². The summed E-state index contributed by atoms with van der Waals surface area (Å²) in [5.41, 5.74) is 0.490. The van der Waals surface area contributed by atoms with E-state index >= 15 is 0 Å². The van der Waals surface area contributed by atoms with Gasteiger partial charge in [-0.1, -0.05) is 29.8 Å². The number of nitrogens with one attached hydrogen (secondary N) is 2. The third-order valence-electron chi connectivity index (χ3n) is 5.84. The number of halogens is 1. The third kappa shape index (κ3) is 2.77. The number of benzene rings is 2. The summed E-state index contributed by atoms with van der Waals surface area (Å²) in [6.07, 6.45) is 2.67. The molecule has 0 unspecified atom stereocenters. The first-order valence-corrected chi connectivity index (χ1v) is 10.7. The molecule has 8 heteroatoms. The smallest absolute Gasteiger partial charge is 0.240 e. The zero-order chi connectivity index (χ0) is 18.8. The zero-order valence-electron chi connectivity index (χ0n) is 14.3. The molecule has 2 aliphatic carbocycles. The van der Waals surface area contributed by atoms with Gasteiger partial charge in [0.05, 0.1) is 22.2 Å². The highest BCUT2D eigenvalue weighted by Gasteiger charge is 2.62. The molecule has 2 aliphatic rings. The molecule has 2 aromatic carbocycles. The van der Waals surface area contributed by atoms with Crippen molar-refractivity contribution in [3.63, 3.8) is 0 Å². The Hall–Kier alpha value is -1.93. The van der Waals surface area contributed by atoms with E-state index in [0.29, 0.717) is 17.9 Å². The van der Waals surface area contributed by atoms with Crippen molar-refractivity contribution in [1.82, 2.24) is 14.9 Å². The molecule has 6 nitrogen and oxygen atoms in total. The molecule has 5 rings (SSSR count). The standard InChI is InChI=1S/C19H18ClN3O3S/c20-12-6-11-10-21-22-17(11)16(7-12)19(24)8-14-15(9-19)18(14)23-27(25,26)13-4-2-1-3-5-13/h1-7,10,14-15,18,23-24H,8-9H2,(H,21,22)/t14-,15+,18+,19-. The average molecular weight is 404 g/mol. The highest BCUT2D eigenvalue weighted by atomic mass is 35.5. The minimum atomic E-state index is -3.54. The van der Waals surface area contributed by atoms with E-state index in [1.807, 2.05) is 0 Å². The van der Waals surface area contributed by atoms with E-state index < -0.39 is 15.6 Å². The molecule has 4 atom stereocenters. The molecule has 0 spiro atoms. The number of aromatic amines is 1. The van der Waals surface area contributed by atoms with Gasteiger partial charge in [-0.2, -0.15) is 5.10 Å². The molecule has 0 aliphatic heterocycles. The van der Waals surface area contributed by atoms with Crippen LogP contribution < -0.4 is 4.72 Å². The number of H-pyrrole nitrogens is 1. The van der Waals surface area contributed by atoms with Crippen LogP contribution in [0.25, 0.3) is 10.9 Å².